The third kappa shape index (κ3) is 5.63. The number of amides is 4. The van der Waals surface area contributed by atoms with Crippen molar-refractivity contribution >= 4 is 52.7 Å². The number of carbonyl (C=O) groups is 5. The molecule has 9 nitrogen and oxygen atoms in total. The second-order valence-corrected chi connectivity index (χ2v) is 8.64. The Morgan fingerprint density at radius 1 is 0.941 bits per heavy atom. The van der Waals surface area contributed by atoms with Crippen LogP contribution in [0.1, 0.15) is 41.0 Å². The summed E-state index contributed by atoms with van der Waals surface area (Å²) in [7, 11) is 0. The third-order valence-electron chi connectivity index (χ3n) is 5.14. The normalized spacial score (nSPS) is 14.3. The van der Waals surface area contributed by atoms with Gasteiger partial charge in [-0.3, -0.25) is 24.1 Å². The van der Waals surface area contributed by atoms with Crippen LogP contribution in [0.3, 0.4) is 0 Å². The summed E-state index contributed by atoms with van der Waals surface area (Å²) < 4.78 is 5.36. The Balaban J connectivity index is 1.68. The number of fused-ring (bicyclic) bond motifs is 1. The fourth-order valence-corrected chi connectivity index (χ4v) is 3.92. The van der Waals surface area contributed by atoms with Gasteiger partial charge in [-0.15, -0.1) is 0 Å². The molecule has 4 amide bonds. The first-order chi connectivity index (χ1) is 16.2. The van der Waals surface area contributed by atoms with Crippen molar-refractivity contribution in [3.63, 3.8) is 0 Å². The van der Waals surface area contributed by atoms with Gasteiger partial charge in [0.15, 0.2) is 6.10 Å². The number of ether oxygens (including phenoxy) is 1. The molecular weight excluding hydrogens is 458 g/mol. The lowest BCUT2D eigenvalue weighted by atomic mass is 10.1. The van der Waals surface area contributed by atoms with Crippen molar-refractivity contribution in [3.8, 4) is 0 Å². The van der Waals surface area contributed by atoms with Crippen LogP contribution in [0, 0.1) is 0 Å². The quantitative estimate of drug-likeness (QED) is 0.415. The van der Waals surface area contributed by atoms with Crippen LogP contribution in [0.15, 0.2) is 48.5 Å². The van der Waals surface area contributed by atoms with Crippen molar-refractivity contribution in [2.45, 2.75) is 32.4 Å². The van der Waals surface area contributed by atoms with Gasteiger partial charge in [-0.05, 0) is 61.8 Å². The van der Waals surface area contributed by atoms with E-state index in [4.69, 9.17) is 4.74 Å². The van der Waals surface area contributed by atoms with Crippen LogP contribution in [0.25, 0.3) is 0 Å². The van der Waals surface area contributed by atoms with Crippen LogP contribution in [0.5, 0.6) is 0 Å². The summed E-state index contributed by atoms with van der Waals surface area (Å²) in [6, 6.07) is 11.7. The van der Waals surface area contributed by atoms with E-state index in [0.717, 1.165) is 4.90 Å². The molecular formula is C24H25N3O6S. The number of hydrogen-bond acceptors (Lipinski definition) is 7. The molecule has 1 aliphatic rings. The molecule has 0 aromatic heterocycles. The maximum Gasteiger partial charge on any atom is 0.330 e. The molecule has 0 spiro atoms. The first-order valence-electron chi connectivity index (χ1n) is 10.6. The van der Waals surface area contributed by atoms with Gasteiger partial charge in [0.1, 0.15) is 6.04 Å². The minimum atomic E-state index is -1.17. The Hall–Kier alpha value is -3.66. The van der Waals surface area contributed by atoms with Crippen LogP contribution < -0.4 is 10.6 Å². The molecule has 34 heavy (non-hydrogen) atoms. The van der Waals surface area contributed by atoms with E-state index in [-0.39, 0.29) is 23.5 Å². The van der Waals surface area contributed by atoms with Crippen LogP contribution in [-0.2, 0) is 19.1 Å². The SMILES string of the molecule is CSCC[C@@H](C(=O)O[C@@H](C)C(=O)Nc1ccc(NC(C)=O)cc1)N1C(=O)c2ccccc2C1=O. The van der Waals surface area contributed by atoms with E-state index in [9.17, 15) is 24.0 Å². The van der Waals surface area contributed by atoms with Crippen LogP contribution in [-0.4, -0.2) is 58.7 Å². The summed E-state index contributed by atoms with van der Waals surface area (Å²) >= 11 is 1.46. The molecule has 0 bridgehead atoms. The molecule has 3 rings (SSSR count). The fraction of sp³-hybridized carbons (Fsp3) is 0.292. The first kappa shape index (κ1) is 25.0. The molecule has 0 radical (unpaired) electrons. The molecule has 0 fully saturated rings. The molecule has 0 unspecified atom stereocenters. The molecule has 2 aromatic carbocycles. The predicted octanol–water partition coefficient (Wildman–Crippen LogP) is 2.93. The van der Waals surface area contributed by atoms with Crippen LogP contribution >= 0.6 is 11.8 Å². The zero-order chi connectivity index (χ0) is 24.8. The van der Waals surface area contributed by atoms with Gasteiger partial charge in [-0.25, -0.2) is 4.79 Å². The number of anilines is 2. The van der Waals surface area contributed by atoms with E-state index < -0.39 is 35.8 Å². The number of nitrogens with zero attached hydrogens (tertiary/aromatic N) is 1. The highest BCUT2D eigenvalue weighted by atomic mass is 32.2. The zero-order valence-corrected chi connectivity index (χ0v) is 19.8. The van der Waals surface area contributed by atoms with Crippen molar-refractivity contribution in [1.29, 1.82) is 0 Å². The number of benzene rings is 2. The van der Waals surface area contributed by atoms with E-state index in [0.29, 0.717) is 17.1 Å². The summed E-state index contributed by atoms with van der Waals surface area (Å²) in [4.78, 5) is 63.3. The highest BCUT2D eigenvalue weighted by Gasteiger charge is 2.43. The van der Waals surface area contributed by atoms with Gasteiger partial charge in [0.05, 0.1) is 11.1 Å². The topological polar surface area (TPSA) is 122 Å². The smallest absolute Gasteiger partial charge is 0.330 e. The standard InChI is InChI=1S/C24H25N3O6S/c1-14(21(29)26-17-10-8-16(9-11-17)25-15(2)28)33-24(32)20(12-13-34-3)27-22(30)18-6-4-5-7-19(18)23(27)31/h4-11,14,20H,12-13H2,1-3H3,(H,25,28)(H,26,29)/t14-,20-/m0/s1. The average molecular weight is 484 g/mol. The first-order valence-corrected chi connectivity index (χ1v) is 12.0. The number of imide groups is 1. The number of carbonyl (C=O) groups excluding carboxylic acids is 5. The molecule has 1 heterocycles. The summed E-state index contributed by atoms with van der Waals surface area (Å²) in [6.07, 6.45) is 0.872. The Labute approximate surface area is 201 Å². The van der Waals surface area contributed by atoms with Gasteiger partial charge in [-0.1, -0.05) is 12.1 Å². The number of thioether (sulfide) groups is 1. The Bertz CT molecular complexity index is 1080. The van der Waals surface area contributed by atoms with Crippen molar-refractivity contribution in [2.75, 3.05) is 22.6 Å². The van der Waals surface area contributed by atoms with Crippen LogP contribution in [0.4, 0.5) is 11.4 Å². The highest BCUT2D eigenvalue weighted by Crippen LogP contribution is 2.27. The molecule has 2 N–H and O–H groups in total. The van der Waals surface area contributed by atoms with Crippen molar-refractivity contribution in [3.05, 3.63) is 59.7 Å². The molecule has 0 saturated heterocycles. The zero-order valence-electron chi connectivity index (χ0n) is 19.0. The van der Waals surface area contributed by atoms with Gasteiger partial charge < -0.3 is 15.4 Å². The second-order valence-electron chi connectivity index (χ2n) is 7.65. The van der Waals surface area contributed by atoms with E-state index in [1.54, 1.807) is 48.5 Å². The number of nitrogens with one attached hydrogen (secondary N) is 2. The Kier molecular flexibility index (Phi) is 8.06. The lowest BCUT2D eigenvalue weighted by Gasteiger charge is -2.25. The van der Waals surface area contributed by atoms with Gasteiger partial charge in [0.2, 0.25) is 5.91 Å². The van der Waals surface area contributed by atoms with Gasteiger partial charge in [-0.2, -0.15) is 11.8 Å². The van der Waals surface area contributed by atoms with Crippen molar-refractivity contribution in [1.82, 2.24) is 4.90 Å². The van der Waals surface area contributed by atoms with Crippen LogP contribution in [0.2, 0.25) is 0 Å². The summed E-state index contributed by atoms with van der Waals surface area (Å²) in [5, 5.41) is 5.25. The molecule has 0 saturated carbocycles. The summed E-state index contributed by atoms with van der Waals surface area (Å²) in [5.41, 5.74) is 1.50. The van der Waals surface area contributed by atoms with Crippen molar-refractivity contribution < 1.29 is 28.7 Å². The largest absolute Gasteiger partial charge is 0.451 e. The highest BCUT2D eigenvalue weighted by molar-refractivity contribution is 7.98. The van der Waals surface area contributed by atoms with Gasteiger partial charge in [0, 0.05) is 18.3 Å². The molecule has 0 aliphatic carbocycles. The van der Waals surface area contributed by atoms with E-state index in [1.165, 1.54) is 25.6 Å². The van der Waals surface area contributed by atoms with E-state index in [2.05, 4.69) is 10.6 Å². The molecule has 178 valence electrons. The molecule has 2 atom stereocenters. The van der Waals surface area contributed by atoms with Gasteiger partial charge in [0.25, 0.3) is 17.7 Å². The van der Waals surface area contributed by atoms with E-state index >= 15 is 0 Å². The predicted molar refractivity (Wildman–Crippen MR) is 129 cm³/mol. The van der Waals surface area contributed by atoms with Crippen molar-refractivity contribution in [2.24, 2.45) is 0 Å². The van der Waals surface area contributed by atoms with E-state index in [1.807, 2.05) is 6.26 Å². The Morgan fingerprint density at radius 3 is 1.97 bits per heavy atom. The summed E-state index contributed by atoms with van der Waals surface area (Å²) in [5.74, 6) is -2.22. The summed E-state index contributed by atoms with van der Waals surface area (Å²) in [6.45, 7) is 2.80. The third-order valence-corrected chi connectivity index (χ3v) is 5.78. The Morgan fingerprint density at radius 2 is 1.47 bits per heavy atom. The number of hydrogen-bond donors (Lipinski definition) is 2. The average Bonchev–Trinajstić information content (AvgIpc) is 3.05. The fourth-order valence-electron chi connectivity index (χ4n) is 3.46. The minimum Gasteiger partial charge on any atom is -0.451 e. The molecule has 1 aliphatic heterocycles. The number of esters is 1. The molecule has 10 heteroatoms. The lowest BCUT2D eigenvalue weighted by Crippen LogP contribution is -2.47. The minimum absolute atomic E-state index is 0.199. The lowest BCUT2D eigenvalue weighted by molar-refractivity contribution is -0.157. The second kappa shape index (κ2) is 11.0. The molecule has 2 aromatic rings. The van der Waals surface area contributed by atoms with Gasteiger partial charge >= 0.3 is 5.97 Å². The monoisotopic (exact) mass is 483 g/mol. The number of rotatable bonds is 9. The maximum atomic E-state index is 13.0. The maximum absolute atomic E-state index is 13.0.